The third-order valence-corrected chi connectivity index (χ3v) is 4.46. The van der Waals surface area contributed by atoms with E-state index < -0.39 is 5.92 Å². The summed E-state index contributed by atoms with van der Waals surface area (Å²) in [4.78, 5) is 12.9. The fraction of sp³-hybridized carbons (Fsp3) is 0.143. The second-order valence-corrected chi connectivity index (χ2v) is 5.71. The van der Waals surface area contributed by atoms with Gasteiger partial charge >= 0.3 is 0 Å². The molecule has 2 nitrogen and oxygen atoms in total. The number of hydrogen-bond donors (Lipinski definition) is 0. The van der Waals surface area contributed by atoms with Gasteiger partial charge in [-0.15, -0.1) is 11.3 Å². The lowest BCUT2D eigenvalue weighted by Crippen LogP contribution is -2.10. The van der Waals surface area contributed by atoms with E-state index in [9.17, 15) is 10.1 Å². The second kappa shape index (κ2) is 5.47. The normalized spacial score (nSPS) is 11.8. The molecular weight excluding hydrogens is 310 g/mol. The second-order valence-electron chi connectivity index (χ2n) is 3.94. The summed E-state index contributed by atoms with van der Waals surface area (Å²) in [5.74, 6) is -0.884. The molecule has 1 aromatic carbocycles. The average molecular weight is 320 g/mol. The monoisotopic (exact) mass is 319 g/mol. The minimum Gasteiger partial charge on any atom is -0.291 e. The first-order valence-electron chi connectivity index (χ1n) is 5.37. The van der Waals surface area contributed by atoms with Crippen molar-refractivity contribution in [2.75, 3.05) is 0 Å². The first-order chi connectivity index (χ1) is 8.63. The quantitative estimate of drug-likeness (QED) is 0.791. The van der Waals surface area contributed by atoms with Gasteiger partial charge in [0.1, 0.15) is 5.92 Å². The molecule has 0 aliphatic rings. The Hall–Kier alpha value is -1.44. The number of carbonyl (C=O) groups excluding carboxylic acids is 1. The Morgan fingerprint density at radius 1 is 1.44 bits per heavy atom. The molecule has 0 spiro atoms. The molecule has 90 valence electrons. The molecule has 0 aliphatic carbocycles. The predicted molar refractivity (Wildman–Crippen MR) is 75.9 cm³/mol. The number of rotatable bonds is 3. The van der Waals surface area contributed by atoms with Gasteiger partial charge in [-0.05, 0) is 39.9 Å². The van der Waals surface area contributed by atoms with E-state index in [0.29, 0.717) is 4.88 Å². The molecule has 0 aliphatic heterocycles. The van der Waals surface area contributed by atoms with E-state index >= 15 is 0 Å². The summed E-state index contributed by atoms with van der Waals surface area (Å²) in [6.07, 6.45) is 0. The molecule has 1 unspecified atom stereocenters. The van der Waals surface area contributed by atoms with Gasteiger partial charge in [-0.3, -0.25) is 4.79 Å². The molecule has 0 amide bonds. The Labute approximate surface area is 118 Å². The van der Waals surface area contributed by atoms with Gasteiger partial charge in [0.25, 0.3) is 0 Å². The minimum absolute atomic E-state index is 0.148. The molecule has 0 bridgehead atoms. The van der Waals surface area contributed by atoms with Crippen LogP contribution in [0.1, 0.15) is 26.7 Å². The molecule has 0 N–H and O–H groups in total. The van der Waals surface area contributed by atoms with E-state index in [4.69, 9.17) is 0 Å². The number of halogens is 1. The van der Waals surface area contributed by atoms with Gasteiger partial charge in [-0.1, -0.05) is 29.8 Å². The van der Waals surface area contributed by atoms with Crippen LogP contribution in [0.2, 0.25) is 0 Å². The molecule has 1 heterocycles. The number of ketones is 1. The maximum Gasteiger partial charge on any atom is 0.195 e. The van der Waals surface area contributed by atoms with Crippen molar-refractivity contribution in [1.82, 2.24) is 0 Å². The lowest BCUT2D eigenvalue weighted by Gasteiger charge is -2.08. The standard InChI is InChI=1S/C14H10BrNOS/c1-9-3-2-4-10(7-9)11(8-16)13(17)14-12(15)5-6-18-14/h2-7,11H,1H3. The van der Waals surface area contributed by atoms with Gasteiger partial charge in [-0.2, -0.15) is 5.26 Å². The van der Waals surface area contributed by atoms with Crippen molar-refractivity contribution in [2.24, 2.45) is 0 Å². The highest BCUT2D eigenvalue weighted by Crippen LogP contribution is 2.29. The molecule has 4 heteroatoms. The largest absolute Gasteiger partial charge is 0.291 e. The van der Waals surface area contributed by atoms with Gasteiger partial charge in [0.15, 0.2) is 5.78 Å². The molecular formula is C14H10BrNOS. The van der Waals surface area contributed by atoms with E-state index in [1.54, 1.807) is 0 Å². The highest BCUT2D eigenvalue weighted by Gasteiger charge is 2.24. The number of Topliss-reactive ketones (excluding diaryl/α,β-unsaturated/α-hetero) is 1. The summed E-state index contributed by atoms with van der Waals surface area (Å²) in [6.45, 7) is 1.95. The van der Waals surface area contributed by atoms with Crippen LogP contribution in [0.5, 0.6) is 0 Å². The Balaban J connectivity index is 2.39. The van der Waals surface area contributed by atoms with Crippen LogP contribution in [0.25, 0.3) is 0 Å². The van der Waals surface area contributed by atoms with Crippen LogP contribution in [0.15, 0.2) is 40.2 Å². The highest BCUT2D eigenvalue weighted by molar-refractivity contribution is 9.10. The zero-order valence-electron chi connectivity index (χ0n) is 9.68. The van der Waals surface area contributed by atoms with Crippen molar-refractivity contribution >= 4 is 33.0 Å². The maximum atomic E-state index is 12.3. The fourth-order valence-electron chi connectivity index (χ4n) is 1.73. The number of thiophene rings is 1. The Kier molecular flexibility index (Phi) is 3.95. The van der Waals surface area contributed by atoms with Gasteiger partial charge in [0.05, 0.1) is 10.9 Å². The van der Waals surface area contributed by atoms with E-state index in [1.807, 2.05) is 42.6 Å². The van der Waals surface area contributed by atoms with Gasteiger partial charge in [-0.25, -0.2) is 0 Å². The van der Waals surface area contributed by atoms with Crippen LogP contribution in [-0.4, -0.2) is 5.78 Å². The predicted octanol–water partition coefficient (Wildman–Crippen LogP) is 4.31. The van der Waals surface area contributed by atoms with E-state index in [0.717, 1.165) is 15.6 Å². The number of benzene rings is 1. The van der Waals surface area contributed by atoms with Crippen LogP contribution in [0, 0.1) is 18.3 Å². The van der Waals surface area contributed by atoms with Gasteiger partial charge in [0.2, 0.25) is 0 Å². The minimum atomic E-state index is -0.736. The summed E-state index contributed by atoms with van der Waals surface area (Å²) in [5, 5.41) is 11.1. The first kappa shape index (κ1) is 13.0. The van der Waals surface area contributed by atoms with Crippen LogP contribution in [-0.2, 0) is 0 Å². The molecule has 1 atom stereocenters. The molecule has 0 radical (unpaired) electrons. The molecule has 18 heavy (non-hydrogen) atoms. The van der Waals surface area contributed by atoms with Crippen LogP contribution < -0.4 is 0 Å². The maximum absolute atomic E-state index is 12.3. The zero-order chi connectivity index (χ0) is 13.1. The number of carbonyl (C=O) groups is 1. The summed E-state index contributed by atoms with van der Waals surface area (Å²) in [7, 11) is 0. The van der Waals surface area contributed by atoms with Crippen molar-refractivity contribution in [3.63, 3.8) is 0 Å². The molecule has 0 saturated carbocycles. The van der Waals surface area contributed by atoms with Crippen LogP contribution in [0.4, 0.5) is 0 Å². The van der Waals surface area contributed by atoms with Crippen molar-refractivity contribution in [3.8, 4) is 6.07 Å². The SMILES string of the molecule is Cc1cccc(C(C#N)C(=O)c2sccc2Br)c1. The Bertz CT molecular complexity index is 627. The number of nitrogens with zero attached hydrogens (tertiary/aromatic N) is 1. The van der Waals surface area contributed by atoms with E-state index in [2.05, 4.69) is 22.0 Å². The van der Waals surface area contributed by atoms with E-state index in [-0.39, 0.29) is 5.78 Å². The highest BCUT2D eigenvalue weighted by atomic mass is 79.9. The summed E-state index contributed by atoms with van der Waals surface area (Å²) < 4.78 is 0.755. The van der Waals surface area contributed by atoms with Crippen molar-refractivity contribution in [1.29, 1.82) is 5.26 Å². The number of aryl methyl sites for hydroxylation is 1. The Morgan fingerprint density at radius 3 is 2.78 bits per heavy atom. The molecule has 2 rings (SSSR count). The summed E-state index contributed by atoms with van der Waals surface area (Å²) in [6, 6.07) is 11.4. The lowest BCUT2D eigenvalue weighted by molar-refractivity contribution is 0.0982. The van der Waals surface area contributed by atoms with Crippen molar-refractivity contribution in [2.45, 2.75) is 12.8 Å². The summed E-state index contributed by atoms with van der Waals surface area (Å²) >= 11 is 4.68. The molecule has 0 fully saturated rings. The average Bonchev–Trinajstić information content (AvgIpc) is 2.76. The lowest BCUT2D eigenvalue weighted by atomic mass is 9.94. The van der Waals surface area contributed by atoms with Crippen molar-refractivity contribution < 1.29 is 4.79 Å². The number of nitriles is 1. The van der Waals surface area contributed by atoms with Gasteiger partial charge < -0.3 is 0 Å². The zero-order valence-corrected chi connectivity index (χ0v) is 12.1. The first-order valence-corrected chi connectivity index (χ1v) is 7.04. The summed E-state index contributed by atoms with van der Waals surface area (Å²) in [5.41, 5.74) is 1.80. The molecule has 0 saturated heterocycles. The van der Waals surface area contributed by atoms with Crippen LogP contribution in [0.3, 0.4) is 0 Å². The van der Waals surface area contributed by atoms with Crippen LogP contribution >= 0.6 is 27.3 Å². The topological polar surface area (TPSA) is 40.9 Å². The Morgan fingerprint density at radius 2 is 2.22 bits per heavy atom. The fourth-order valence-corrected chi connectivity index (χ4v) is 3.27. The van der Waals surface area contributed by atoms with Crippen molar-refractivity contribution in [3.05, 3.63) is 56.2 Å². The third kappa shape index (κ3) is 2.53. The smallest absolute Gasteiger partial charge is 0.195 e. The third-order valence-electron chi connectivity index (χ3n) is 2.61. The molecule has 1 aromatic heterocycles. The van der Waals surface area contributed by atoms with E-state index in [1.165, 1.54) is 11.3 Å². The molecule has 2 aromatic rings. The van der Waals surface area contributed by atoms with Gasteiger partial charge in [0, 0.05) is 4.47 Å². The number of hydrogen-bond acceptors (Lipinski definition) is 3.